The third-order valence-electron chi connectivity index (χ3n) is 1.98. The third-order valence-corrected chi connectivity index (χ3v) is 1.98. The van der Waals surface area contributed by atoms with Crippen molar-refractivity contribution in [2.45, 2.75) is 33.6 Å². The monoisotopic (exact) mass is 189 g/mol. The lowest BCUT2D eigenvalue weighted by atomic mass is 10.1. The fourth-order valence-electron chi connectivity index (χ4n) is 1.35. The minimum Gasteiger partial charge on any atom is -0.359 e. The Kier molecular flexibility index (Phi) is 4.24. The van der Waals surface area contributed by atoms with Crippen molar-refractivity contribution >= 4 is 5.69 Å². The van der Waals surface area contributed by atoms with Gasteiger partial charge in [-0.2, -0.15) is 0 Å². The van der Waals surface area contributed by atoms with Gasteiger partial charge in [0.05, 0.1) is 0 Å². The van der Waals surface area contributed by atoms with Crippen molar-refractivity contribution in [3.05, 3.63) is 41.6 Å². The van der Waals surface area contributed by atoms with E-state index in [-0.39, 0.29) is 0 Å². The summed E-state index contributed by atoms with van der Waals surface area (Å²) in [6.07, 6.45) is 4.53. The van der Waals surface area contributed by atoms with Gasteiger partial charge in [-0.15, -0.1) is 0 Å². The zero-order chi connectivity index (χ0) is 10.4. The molecule has 0 atom stereocenters. The molecule has 0 saturated heterocycles. The van der Waals surface area contributed by atoms with E-state index in [0.29, 0.717) is 0 Å². The van der Waals surface area contributed by atoms with Crippen LogP contribution in [0.15, 0.2) is 36.0 Å². The highest BCUT2D eigenvalue weighted by molar-refractivity contribution is 5.57. The Bertz CT molecular complexity index is 313. The second kappa shape index (κ2) is 5.48. The number of nitrogens with one attached hydrogen (secondary N) is 1. The van der Waals surface area contributed by atoms with E-state index in [1.807, 2.05) is 0 Å². The second-order valence-corrected chi connectivity index (χ2v) is 3.58. The van der Waals surface area contributed by atoms with Gasteiger partial charge in [-0.25, -0.2) is 0 Å². The summed E-state index contributed by atoms with van der Waals surface area (Å²) < 4.78 is 0. The van der Waals surface area contributed by atoms with E-state index in [9.17, 15) is 0 Å². The molecule has 0 aliphatic carbocycles. The van der Waals surface area contributed by atoms with Crippen LogP contribution in [0.2, 0.25) is 0 Å². The van der Waals surface area contributed by atoms with Crippen LogP contribution in [0.3, 0.4) is 0 Å². The highest BCUT2D eigenvalue weighted by atomic mass is 14.9. The van der Waals surface area contributed by atoms with Crippen LogP contribution in [-0.2, 0) is 6.42 Å². The molecular formula is C13H19N. The van der Waals surface area contributed by atoms with Gasteiger partial charge in [0.15, 0.2) is 0 Å². The third kappa shape index (κ3) is 2.91. The maximum atomic E-state index is 3.32. The Morgan fingerprint density at radius 1 is 1.21 bits per heavy atom. The Morgan fingerprint density at radius 3 is 2.57 bits per heavy atom. The maximum Gasteiger partial charge on any atom is 0.0417 e. The lowest BCUT2D eigenvalue weighted by Crippen LogP contribution is -2.04. The van der Waals surface area contributed by atoms with Crippen LogP contribution in [0.25, 0.3) is 0 Å². The summed E-state index contributed by atoms with van der Waals surface area (Å²) in [7, 11) is 0. The van der Waals surface area contributed by atoms with E-state index in [2.05, 4.69) is 56.4 Å². The van der Waals surface area contributed by atoms with Crippen molar-refractivity contribution in [3.8, 4) is 0 Å². The minimum atomic E-state index is 1.06. The summed E-state index contributed by atoms with van der Waals surface area (Å²) in [5, 5.41) is 3.32. The van der Waals surface area contributed by atoms with Crippen molar-refractivity contribution in [3.63, 3.8) is 0 Å². The van der Waals surface area contributed by atoms with E-state index in [1.165, 1.54) is 23.4 Å². The molecule has 0 radical (unpaired) electrons. The molecule has 1 aromatic rings. The fourth-order valence-corrected chi connectivity index (χ4v) is 1.35. The van der Waals surface area contributed by atoms with Gasteiger partial charge in [0, 0.05) is 11.4 Å². The van der Waals surface area contributed by atoms with Gasteiger partial charge in [-0.1, -0.05) is 44.5 Å². The highest BCUT2D eigenvalue weighted by Gasteiger charge is 2.04. The number of rotatable bonds is 0. The number of hydrogen-bond donors (Lipinski definition) is 1. The summed E-state index contributed by atoms with van der Waals surface area (Å²) in [5.74, 6) is 0. The number of fused-ring (bicyclic) bond motifs is 1. The SMILES string of the molecule is CC1=CCc2ccccc2N1.CCC. The number of hydrogen-bond acceptors (Lipinski definition) is 1. The smallest absolute Gasteiger partial charge is 0.0417 e. The molecule has 76 valence electrons. The minimum absolute atomic E-state index is 1.06. The molecule has 0 aromatic heterocycles. The van der Waals surface area contributed by atoms with Crippen LogP contribution in [0.4, 0.5) is 5.69 Å². The summed E-state index contributed by atoms with van der Waals surface area (Å²) in [4.78, 5) is 0. The zero-order valence-electron chi connectivity index (χ0n) is 9.30. The van der Waals surface area contributed by atoms with Crippen molar-refractivity contribution in [2.24, 2.45) is 0 Å². The van der Waals surface area contributed by atoms with E-state index < -0.39 is 0 Å². The summed E-state index contributed by atoms with van der Waals surface area (Å²) in [6.45, 7) is 6.34. The second-order valence-electron chi connectivity index (χ2n) is 3.58. The van der Waals surface area contributed by atoms with Crippen LogP contribution in [-0.4, -0.2) is 0 Å². The summed E-state index contributed by atoms with van der Waals surface area (Å²) in [6, 6.07) is 8.41. The number of allylic oxidation sites excluding steroid dienone is 2. The standard InChI is InChI=1S/C10H11N.C3H8/c1-8-6-7-9-4-2-3-5-10(9)11-8;1-3-2/h2-6,11H,7H2,1H3;3H2,1-2H3. The van der Waals surface area contributed by atoms with E-state index in [1.54, 1.807) is 0 Å². The quantitative estimate of drug-likeness (QED) is 0.651. The number of para-hydroxylation sites is 1. The first-order valence-corrected chi connectivity index (χ1v) is 5.29. The fraction of sp³-hybridized carbons (Fsp3) is 0.385. The lowest BCUT2D eigenvalue weighted by Gasteiger charge is -2.15. The first-order chi connectivity index (χ1) is 6.77. The molecule has 1 aliphatic heterocycles. The molecule has 0 saturated carbocycles. The molecule has 0 amide bonds. The lowest BCUT2D eigenvalue weighted by molar-refractivity contribution is 1.09. The van der Waals surface area contributed by atoms with E-state index in [0.717, 1.165) is 6.42 Å². The topological polar surface area (TPSA) is 12.0 Å². The molecule has 0 bridgehead atoms. The van der Waals surface area contributed by atoms with E-state index in [4.69, 9.17) is 0 Å². The molecule has 1 aliphatic rings. The summed E-state index contributed by atoms with van der Waals surface area (Å²) in [5.41, 5.74) is 3.90. The Labute approximate surface area is 86.8 Å². The van der Waals surface area contributed by atoms with Gasteiger partial charge < -0.3 is 5.32 Å². The van der Waals surface area contributed by atoms with Gasteiger partial charge in [0.2, 0.25) is 0 Å². The van der Waals surface area contributed by atoms with Crippen molar-refractivity contribution < 1.29 is 0 Å². The average molecular weight is 189 g/mol. The first-order valence-electron chi connectivity index (χ1n) is 5.29. The Morgan fingerprint density at radius 2 is 1.86 bits per heavy atom. The van der Waals surface area contributed by atoms with Crippen molar-refractivity contribution in [1.82, 2.24) is 0 Å². The molecule has 1 heteroatoms. The molecule has 1 nitrogen and oxygen atoms in total. The van der Waals surface area contributed by atoms with Crippen molar-refractivity contribution in [1.29, 1.82) is 0 Å². The predicted molar refractivity (Wildman–Crippen MR) is 63.5 cm³/mol. The number of benzene rings is 1. The molecule has 1 heterocycles. The first kappa shape index (κ1) is 10.8. The van der Waals surface area contributed by atoms with Crippen LogP contribution in [0.1, 0.15) is 32.8 Å². The molecule has 0 spiro atoms. The average Bonchev–Trinajstić information content (AvgIpc) is 2.19. The van der Waals surface area contributed by atoms with Crippen LogP contribution >= 0.6 is 0 Å². The molecule has 14 heavy (non-hydrogen) atoms. The van der Waals surface area contributed by atoms with Crippen LogP contribution < -0.4 is 5.32 Å². The van der Waals surface area contributed by atoms with Crippen LogP contribution in [0.5, 0.6) is 0 Å². The largest absolute Gasteiger partial charge is 0.359 e. The maximum absolute atomic E-state index is 3.32. The molecule has 1 aromatic carbocycles. The predicted octanol–water partition coefficient (Wildman–Crippen LogP) is 3.97. The van der Waals surface area contributed by atoms with Crippen molar-refractivity contribution in [2.75, 3.05) is 5.32 Å². The molecule has 1 N–H and O–H groups in total. The van der Waals surface area contributed by atoms with Gasteiger partial charge in [-0.05, 0) is 25.0 Å². The zero-order valence-corrected chi connectivity index (χ0v) is 9.30. The normalized spacial score (nSPS) is 12.9. The highest BCUT2D eigenvalue weighted by Crippen LogP contribution is 2.21. The number of anilines is 1. The summed E-state index contributed by atoms with van der Waals surface area (Å²) >= 11 is 0. The Hall–Kier alpha value is -1.24. The molecule has 0 unspecified atom stereocenters. The van der Waals surface area contributed by atoms with E-state index >= 15 is 0 Å². The molecule has 2 rings (SSSR count). The Balaban J connectivity index is 0.000000293. The van der Waals surface area contributed by atoms with Gasteiger partial charge >= 0.3 is 0 Å². The van der Waals surface area contributed by atoms with Gasteiger partial charge in [0.1, 0.15) is 0 Å². The van der Waals surface area contributed by atoms with Crippen LogP contribution in [0, 0.1) is 0 Å². The van der Waals surface area contributed by atoms with Gasteiger partial charge in [-0.3, -0.25) is 0 Å². The van der Waals surface area contributed by atoms with Gasteiger partial charge in [0.25, 0.3) is 0 Å². The molecule has 0 fully saturated rings. The molecular weight excluding hydrogens is 170 g/mol.